The summed E-state index contributed by atoms with van der Waals surface area (Å²) in [5.41, 5.74) is -0.490. The Morgan fingerprint density at radius 1 is 1.02 bits per heavy atom. The van der Waals surface area contributed by atoms with E-state index < -0.39 is 47.0 Å². The molecule has 0 saturated carbocycles. The number of nitrogens with zero attached hydrogens (tertiary/aromatic N) is 1. The average Bonchev–Trinajstić information content (AvgIpc) is 3.33. The van der Waals surface area contributed by atoms with Gasteiger partial charge in [0.2, 0.25) is 0 Å². The normalized spacial score (nSPS) is 16.8. The summed E-state index contributed by atoms with van der Waals surface area (Å²) in [4.78, 5) is 66.3. The molecule has 0 saturated heterocycles. The van der Waals surface area contributed by atoms with Crippen molar-refractivity contribution in [2.45, 2.75) is 78.4 Å². The first-order valence-electron chi connectivity index (χ1n) is 12.3. The van der Waals surface area contributed by atoms with E-state index in [1.807, 2.05) is 0 Å². The molecule has 0 aliphatic carbocycles. The highest BCUT2D eigenvalue weighted by atomic mass is 35.5. The first-order valence-corrected chi connectivity index (χ1v) is 13.9. The third kappa shape index (κ3) is 6.33. The number of carbonyl (C=O) groups is 5. The van der Waals surface area contributed by atoms with Gasteiger partial charge in [0.1, 0.15) is 22.3 Å². The zero-order valence-corrected chi connectivity index (χ0v) is 25.1. The Morgan fingerprint density at radius 2 is 1.65 bits per heavy atom. The van der Waals surface area contributed by atoms with Crippen molar-refractivity contribution in [2.24, 2.45) is 0 Å². The van der Waals surface area contributed by atoms with Crippen LogP contribution in [0.3, 0.4) is 0 Å². The van der Waals surface area contributed by atoms with Gasteiger partial charge in [-0.05, 0) is 64.8 Å². The van der Waals surface area contributed by atoms with E-state index >= 15 is 0 Å². The molecule has 2 aliphatic heterocycles. The fraction of sp³-hybridized carbons (Fsp3) is 0.444. The predicted octanol–water partition coefficient (Wildman–Crippen LogP) is 4.91. The molecule has 4 rings (SSSR count). The number of hydrogen-bond donors (Lipinski definition) is 1. The van der Waals surface area contributed by atoms with Crippen molar-refractivity contribution in [1.29, 1.82) is 0 Å². The van der Waals surface area contributed by atoms with Crippen molar-refractivity contribution in [1.82, 2.24) is 4.90 Å². The van der Waals surface area contributed by atoms with Gasteiger partial charge in [-0.1, -0.05) is 23.2 Å². The van der Waals surface area contributed by atoms with Crippen LogP contribution in [-0.2, 0) is 48.2 Å². The number of ether oxygens (including phenoxy) is 3. The van der Waals surface area contributed by atoms with Gasteiger partial charge in [-0.25, -0.2) is 9.59 Å². The highest BCUT2D eigenvalue weighted by molar-refractivity contribution is 7.17. The molecule has 0 fully saturated rings. The standard InChI is InChI=1S/C27H28Cl2N2O8S/c1-26(2,3)38-24(35)19-14-9-17(23(34)31-10-12-7-15(28)16(29)8-13(12)22(31)33)37-11-18(14)40-21(19)30-20(32)25(36)39-27(4,5)6/h7-8,17H,9-11H2,1-6H3,(H,30,32). The molecule has 0 bridgehead atoms. The number of esters is 2. The molecule has 10 nitrogen and oxygen atoms in total. The lowest BCUT2D eigenvalue weighted by atomic mass is 9.99. The molecule has 3 amide bonds. The molecule has 0 radical (unpaired) electrons. The van der Waals surface area contributed by atoms with E-state index in [1.54, 1.807) is 47.6 Å². The van der Waals surface area contributed by atoms with E-state index in [0.29, 0.717) is 16.0 Å². The summed E-state index contributed by atoms with van der Waals surface area (Å²) in [6.07, 6.45) is -1.16. The van der Waals surface area contributed by atoms with Crippen LogP contribution in [0.5, 0.6) is 0 Å². The topological polar surface area (TPSA) is 128 Å². The van der Waals surface area contributed by atoms with Crippen LogP contribution >= 0.6 is 34.5 Å². The number of hydrogen-bond acceptors (Lipinski definition) is 9. The summed E-state index contributed by atoms with van der Waals surface area (Å²) in [6.45, 7) is 9.85. The minimum Gasteiger partial charge on any atom is -0.456 e. The van der Waals surface area contributed by atoms with Crippen molar-refractivity contribution in [2.75, 3.05) is 5.32 Å². The lowest BCUT2D eigenvalue weighted by molar-refractivity contribution is -0.161. The number of carbonyl (C=O) groups excluding carboxylic acids is 5. The third-order valence-electron chi connectivity index (χ3n) is 5.80. The Balaban J connectivity index is 1.62. The van der Waals surface area contributed by atoms with Crippen molar-refractivity contribution in [3.63, 3.8) is 0 Å². The van der Waals surface area contributed by atoms with Crippen LogP contribution in [0, 0.1) is 0 Å². The number of fused-ring (bicyclic) bond motifs is 2. The number of halogens is 2. The highest BCUT2D eigenvalue weighted by Crippen LogP contribution is 2.40. The van der Waals surface area contributed by atoms with Crippen molar-refractivity contribution in [3.05, 3.63) is 49.3 Å². The zero-order valence-electron chi connectivity index (χ0n) is 22.7. The molecule has 2 aliphatic rings. The van der Waals surface area contributed by atoms with Crippen LogP contribution in [0.4, 0.5) is 5.00 Å². The largest absolute Gasteiger partial charge is 0.456 e. The Bertz CT molecular complexity index is 1440. The van der Waals surface area contributed by atoms with Gasteiger partial charge in [0.25, 0.3) is 11.8 Å². The van der Waals surface area contributed by atoms with E-state index in [4.69, 9.17) is 37.4 Å². The summed E-state index contributed by atoms with van der Waals surface area (Å²) in [7, 11) is 0. The van der Waals surface area contributed by atoms with E-state index in [2.05, 4.69) is 5.32 Å². The van der Waals surface area contributed by atoms with Crippen LogP contribution in [-0.4, -0.2) is 51.9 Å². The summed E-state index contributed by atoms with van der Waals surface area (Å²) < 4.78 is 16.5. The van der Waals surface area contributed by atoms with Crippen molar-refractivity contribution < 1.29 is 38.2 Å². The van der Waals surface area contributed by atoms with Crippen LogP contribution in [0.15, 0.2) is 12.1 Å². The van der Waals surface area contributed by atoms with Crippen LogP contribution < -0.4 is 5.32 Å². The second-order valence-electron chi connectivity index (χ2n) is 11.3. The summed E-state index contributed by atoms with van der Waals surface area (Å²) in [6, 6.07) is 2.97. The SMILES string of the molecule is CC(C)(C)OC(=O)C(=O)Nc1sc2c(c1C(=O)OC(C)(C)C)CC(C(=O)N1Cc3cc(Cl)c(Cl)cc3C1=O)OC2. The van der Waals surface area contributed by atoms with Crippen LogP contribution in [0.2, 0.25) is 10.0 Å². The zero-order chi connectivity index (χ0) is 29.7. The number of nitrogens with one attached hydrogen (secondary N) is 1. The Morgan fingerprint density at radius 3 is 2.27 bits per heavy atom. The smallest absolute Gasteiger partial charge is 0.397 e. The minimum absolute atomic E-state index is 0.00361. The quantitative estimate of drug-likeness (QED) is 0.295. The first kappa shape index (κ1) is 30.0. The molecule has 40 heavy (non-hydrogen) atoms. The number of benzene rings is 1. The molecule has 0 spiro atoms. The monoisotopic (exact) mass is 610 g/mol. The number of thiophene rings is 1. The lowest BCUT2D eigenvalue weighted by Crippen LogP contribution is -2.43. The maximum absolute atomic E-state index is 13.4. The summed E-state index contributed by atoms with van der Waals surface area (Å²) in [5.74, 6) is -4.06. The maximum Gasteiger partial charge on any atom is 0.397 e. The lowest BCUT2D eigenvalue weighted by Gasteiger charge is -2.26. The van der Waals surface area contributed by atoms with Gasteiger partial charge in [-0.15, -0.1) is 11.3 Å². The van der Waals surface area contributed by atoms with Gasteiger partial charge < -0.3 is 19.5 Å². The molecular formula is C27H28Cl2N2O8S. The summed E-state index contributed by atoms with van der Waals surface area (Å²) >= 11 is 13.2. The minimum atomic E-state index is -1.12. The number of anilines is 1. The van der Waals surface area contributed by atoms with Gasteiger partial charge in [0.05, 0.1) is 28.8 Å². The molecule has 1 atom stereocenters. The molecular weight excluding hydrogens is 583 g/mol. The Hall–Kier alpha value is -2.99. The molecule has 3 heterocycles. The fourth-order valence-corrected chi connectivity index (χ4v) is 5.68. The second kappa shape index (κ2) is 10.8. The van der Waals surface area contributed by atoms with E-state index in [-0.39, 0.29) is 45.7 Å². The van der Waals surface area contributed by atoms with Crippen molar-refractivity contribution >= 4 is 69.2 Å². The second-order valence-corrected chi connectivity index (χ2v) is 13.2. The molecule has 1 N–H and O–H groups in total. The van der Waals surface area contributed by atoms with Gasteiger partial charge in [0.15, 0.2) is 0 Å². The van der Waals surface area contributed by atoms with Crippen LogP contribution in [0.1, 0.15) is 78.3 Å². The van der Waals surface area contributed by atoms with Crippen LogP contribution in [0.25, 0.3) is 0 Å². The number of amides is 3. The van der Waals surface area contributed by atoms with E-state index in [0.717, 1.165) is 16.2 Å². The first-order chi connectivity index (χ1) is 18.4. The average molecular weight is 612 g/mol. The molecule has 1 unspecified atom stereocenters. The molecule has 1 aromatic carbocycles. The van der Waals surface area contributed by atoms with Gasteiger partial charge in [-0.2, -0.15) is 0 Å². The van der Waals surface area contributed by atoms with Gasteiger partial charge in [-0.3, -0.25) is 19.3 Å². The molecule has 2 aromatic rings. The van der Waals surface area contributed by atoms with Gasteiger partial charge >= 0.3 is 17.8 Å². The number of imide groups is 1. The molecule has 214 valence electrons. The predicted molar refractivity (Wildman–Crippen MR) is 148 cm³/mol. The fourth-order valence-electron chi connectivity index (χ4n) is 4.19. The number of rotatable bonds is 3. The molecule has 13 heteroatoms. The third-order valence-corrected chi connectivity index (χ3v) is 7.64. The Kier molecular flexibility index (Phi) is 8.07. The highest BCUT2D eigenvalue weighted by Gasteiger charge is 2.41. The summed E-state index contributed by atoms with van der Waals surface area (Å²) in [5, 5.41) is 2.99. The molecule has 1 aromatic heterocycles. The van der Waals surface area contributed by atoms with Crippen molar-refractivity contribution in [3.8, 4) is 0 Å². The maximum atomic E-state index is 13.4. The van der Waals surface area contributed by atoms with Gasteiger partial charge in [0, 0.05) is 16.9 Å². The Labute approximate surface area is 244 Å². The van der Waals surface area contributed by atoms with E-state index in [1.165, 1.54) is 6.07 Å². The van der Waals surface area contributed by atoms with E-state index in [9.17, 15) is 24.0 Å².